The van der Waals surface area contributed by atoms with Crippen molar-refractivity contribution in [1.82, 2.24) is 4.57 Å². The van der Waals surface area contributed by atoms with Gasteiger partial charge < -0.3 is 4.57 Å². The molecule has 0 unspecified atom stereocenters. The minimum atomic E-state index is 0.879. The zero-order chi connectivity index (χ0) is 37.3. The van der Waals surface area contributed by atoms with Gasteiger partial charge in [-0.25, -0.2) is 0 Å². The van der Waals surface area contributed by atoms with Crippen molar-refractivity contribution in [3.05, 3.63) is 193 Å². The first-order valence-electron chi connectivity index (χ1n) is 18.6. The second-order valence-corrected chi connectivity index (χ2v) is 12.3. The summed E-state index contributed by atoms with van der Waals surface area (Å²) in [7, 11) is 0. The molecule has 0 saturated heterocycles. The van der Waals surface area contributed by atoms with Crippen LogP contribution in [0.25, 0.3) is 44.3 Å². The predicted molar refractivity (Wildman–Crippen MR) is 231 cm³/mol. The van der Waals surface area contributed by atoms with Gasteiger partial charge in [-0.3, -0.25) is 4.99 Å². The molecule has 0 aliphatic heterocycles. The monoisotopic (exact) mass is 682 g/mol. The lowest BCUT2D eigenvalue weighted by Gasteiger charge is -2.14. The Morgan fingerprint density at radius 1 is 0.635 bits per heavy atom. The summed E-state index contributed by atoms with van der Waals surface area (Å²) in [4.78, 5) is 4.08. The fourth-order valence-corrected chi connectivity index (χ4v) is 6.53. The molecule has 6 aromatic carbocycles. The van der Waals surface area contributed by atoms with Gasteiger partial charge in [0.25, 0.3) is 0 Å². The van der Waals surface area contributed by atoms with E-state index in [9.17, 15) is 0 Å². The smallest absolute Gasteiger partial charge is 0.0658 e. The summed E-state index contributed by atoms with van der Waals surface area (Å²) in [5.41, 5.74) is 14.0. The standard InChI is InChI=1S/C30H29N.C16H15N.C2H6.C2H4/c1-4-10-23-19-30-28(20-27(23)25-12-7-6-11-21(25)3)26-13-8-9-14-29(26)31(30)24-17-15-22(5-2)16-18-24;1-17-16(15-10-6-3-7-11-15)13-12-14-8-4-2-5-9-14;2*1-2/h6-9,11-20H,4-5,10H2,1-3H3;2-11,13H,1,12H2;1-2H3;1-2H2/b;16-13-;;. The van der Waals surface area contributed by atoms with Crippen LogP contribution in [0, 0.1) is 6.92 Å². The minimum absolute atomic E-state index is 0.879. The van der Waals surface area contributed by atoms with E-state index in [1.165, 1.54) is 60.9 Å². The van der Waals surface area contributed by atoms with Crippen molar-refractivity contribution in [2.45, 2.75) is 60.3 Å². The lowest BCUT2D eigenvalue weighted by molar-refractivity contribution is 0.924. The van der Waals surface area contributed by atoms with E-state index < -0.39 is 0 Å². The summed E-state index contributed by atoms with van der Waals surface area (Å²) in [6, 6.07) is 51.9. The van der Waals surface area contributed by atoms with Crippen LogP contribution in [0.4, 0.5) is 0 Å². The first-order chi connectivity index (χ1) is 25.6. The van der Waals surface area contributed by atoms with Gasteiger partial charge in [0.1, 0.15) is 0 Å². The van der Waals surface area contributed by atoms with Crippen LogP contribution in [0.3, 0.4) is 0 Å². The van der Waals surface area contributed by atoms with Crippen LogP contribution >= 0.6 is 0 Å². The van der Waals surface area contributed by atoms with Crippen molar-refractivity contribution in [3.63, 3.8) is 0 Å². The number of benzene rings is 6. The molecule has 1 aromatic heterocycles. The maximum atomic E-state index is 4.08. The molecular formula is C50H54N2. The number of para-hydroxylation sites is 1. The van der Waals surface area contributed by atoms with Crippen molar-refractivity contribution in [2.24, 2.45) is 4.99 Å². The molecule has 0 atom stereocenters. The van der Waals surface area contributed by atoms with E-state index >= 15 is 0 Å². The third-order valence-corrected chi connectivity index (χ3v) is 9.07. The summed E-state index contributed by atoms with van der Waals surface area (Å²) in [5, 5.41) is 2.64. The van der Waals surface area contributed by atoms with Gasteiger partial charge in [0.05, 0.1) is 16.7 Å². The van der Waals surface area contributed by atoms with Crippen molar-refractivity contribution in [1.29, 1.82) is 0 Å². The fraction of sp³-hybridized carbons (Fsp3) is 0.180. The van der Waals surface area contributed by atoms with Gasteiger partial charge >= 0.3 is 0 Å². The van der Waals surface area contributed by atoms with Gasteiger partial charge in [-0.2, -0.15) is 0 Å². The topological polar surface area (TPSA) is 17.3 Å². The maximum Gasteiger partial charge on any atom is 0.0658 e. The molecule has 52 heavy (non-hydrogen) atoms. The van der Waals surface area contributed by atoms with E-state index in [1.54, 1.807) is 0 Å². The van der Waals surface area contributed by atoms with E-state index in [-0.39, 0.29) is 0 Å². The molecule has 0 aliphatic carbocycles. The maximum absolute atomic E-state index is 4.08. The molecule has 0 aliphatic rings. The summed E-state index contributed by atoms with van der Waals surface area (Å²) in [6.45, 7) is 20.3. The Labute approximate surface area is 312 Å². The van der Waals surface area contributed by atoms with Crippen LogP contribution in [0.15, 0.2) is 170 Å². The lowest BCUT2D eigenvalue weighted by atomic mass is 9.92. The number of hydrogen-bond acceptors (Lipinski definition) is 1. The van der Waals surface area contributed by atoms with Gasteiger partial charge in [-0.15, -0.1) is 13.2 Å². The predicted octanol–water partition coefficient (Wildman–Crippen LogP) is 14.1. The lowest BCUT2D eigenvalue weighted by Crippen LogP contribution is -1.97. The average molecular weight is 683 g/mol. The number of nitrogens with zero attached hydrogens (tertiary/aromatic N) is 2. The third kappa shape index (κ3) is 9.33. The number of rotatable bonds is 9. The number of aryl methyl sites for hydroxylation is 3. The normalized spacial score (nSPS) is 10.7. The molecule has 2 heteroatoms. The van der Waals surface area contributed by atoms with Crippen LogP contribution < -0.4 is 0 Å². The zero-order valence-corrected chi connectivity index (χ0v) is 31.8. The zero-order valence-electron chi connectivity index (χ0n) is 31.8. The van der Waals surface area contributed by atoms with E-state index in [0.29, 0.717) is 0 Å². The highest BCUT2D eigenvalue weighted by Gasteiger charge is 2.16. The molecule has 0 saturated carbocycles. The number of allylic oxidation sites excluding steroid dienone is 1. The van der Waals surface area contributed by atoms with Gasteiger partial charge in [0.15, 0.2) is 0 Å². The molecule has 1 heterocycles. The van der Waals surface area contributed by atoms with Crippen LogP contribution in [-0.2, 0) is 19.3 Å². The number of hydrogen-bond donors (Lipinski definition) is 0. The second-order valence-electron chi connectivity index (χ2n) is 12.3. The van der Waals surface area contributed by atoms with Crippen molar-refractivity contribution in [3.8, 4) is 16.8 Å². The van der Waals surface area contributed by atoms with E-state index in [1.807, 2.05) is 62.4 Å². The average Bonchev–Trinajstić information content (AvgIpc) is 3.54. The largest absolute Gasteiger partial charge is 0.309 e. The third-order valence-electron chi connectivity index (χ3n) is 9.07. The highest BCUT2D eigenvalue weighted by atomic mass is 15.0. The van der Waals surface area contributed by atoms with Gasteiger partial charge in [0.2, 0.25) is 0 Å². The SMILES string of the molecule is C=C.C=N/C(=C\Cc1ccccc1)c1ccccc1.CC.CCCc1cc2c(cc1-c1ccccc1C)c1ccccc1n2-c1ccc(CC)cc1. The van der Waals surface area contributed by atoms with Gasteiger partial charge in [0, 0.05) is 16.5 Å². The first-order valence-corrected chi connectivity index (χ1v) is 18.6. The summed E-state index contributed by atoms with van der Waals surface area (Å²) >= 11 is 0. The summed E-state index contributed by atoms with van der Waals surface area (Å²) in [6.07, 6.45) is 6.27. The van der Waals surface area contributed by atoms with Crippen molar-refractivity contribution < 1.29 is 0 Å². The van der Waals surface area contributed by atoms with E-state index in [0.717, 1.165) is 36.9 Å². The Hall–Kier alpha value is -5.73. The molecule has 0 radical (unpaired) electrons. The Morgan fingerprint density at radius 3 is 1.88 bits per heavy atom. The van der Waals surface area contributed by atoms with Crippen molar-refractivity contribution >= 4 is 34.2 Å². The Bertz CT molecular complexity index is 2170. The molecule has 0 bridgehead atoms. The van der Waals surface area contributed by atoms with E-state index in [2.05, 4.69) is 153 Å². The summed E-state index contributed by atoms with van der Waals surface area (Å²) in [5.74, 6) is 0. The molecule has 0 spiro atoms. The molecule has 0 N–H and O–H groups in total. The van der Waals surface area contributed by atoms with Crippen LogP contribution in [0.1, 0.15) is 61.9 Å². The second kappa shape index (κ2) is 20.2. The molecule has 2 nitrogen and oxygen atoms in total. The van der Waals surface area contributed by atoms with Crippen LogP contribution in [0.5, 0.6) is 0 Å². The molecule has 0 fully saturated rings. The highest BCUT2D eigenvalue weighted by molar-refractivity contribution is 6.11. The van der Waals surface area contributed by atoms with Gasteiger partial charge in [-0.05, 0) is 102 Å². The first kappa shape index (κ1) is 39.1. The van der Waals surface area contributed by atoms with Gasteiger partial charge in [-0.1, -0.05) is 155 Å². The number of fused-ring (bicyclic) bond motifs is 3. The molecule has 7 aromatic rings. The van der Waals surface area contributed by atoms with Crippen molar-refractivity contribution in [2.75, 3.05) is 0 Å². The Balaban J connectivity index is 0.000000244. The molecule has 7 rings (SSSR count). The Kier molecular flexibility index (Phi) is 15.2. The van der Waals surface area contributed by atoms with Crippen LogP contribution in [0.2, 0.25) is 0 Å². The minimum Gasteiger partial charge on any atom is -0.309 e. The molecule has 264 valence electrons. The van der Waals surface area contributed by atoms with Crippen LogP contribution in [-0.4, -0.2) is 11.3 Å². The molecular weight excluding hydrogens is 629 g/mol. The highest BCUT2D eigenvalue weighted by Crippen LogP contribution is 2.38. The summed E-state index contributed by atoms with van der Waals surface area (Å²) < 4.78 is 2.44. The molecule has 0 amide bonds. The number of aromatic nitrogens is 1. The fourth-order valence-electron chi connectivity index (χ4n) is 6.53. The quantitative estimate of drug-likeness (QED) is 0.107. The Morgan fingerprint density at radius 2 is 1.25 bits per heavy atom. The van der Waals surface area contributed by atoms with E-state index in [4.69, 9.17) is 0 Å². The number of aliphatic imine (C=N–C) groups is 1.